The van der Waals surface area contributed by atoms with Crippen LogP contribution in [0.2, 0.25) is 0 Å². The lowest BCUT2D eigenvalue weighted by Crippen LogP contribution is -2.09. The molecule has 0 aliphatic rings. The van der Waals surface area contributed by atoms with Crippen LogP contribution < -0.4 is 0 Å². The highest BCUT2D eigenvalue weighted by molar-refractivity contribution is 7.11. The summed E-state index contributed by atoms with van der Waals surface area (Å²) in [5.74, 6) is 0.0358. The van der Waals surface area contributed by atoms with E-state index in [1.807, 2.05) is 6.92 Å². The molecule has 0 amide bonds. The topological polar surface area (TPSA) is 52.1 Å². The molecule has 0 bridgehead atoms. The van der Waals surface area contributed by atoms with E-state index in [2.05, 4.69) is 14.9 Å². The molecule has 0 unspecified atom stereocenters. The average Bonchev–Trinajstić information content (AvgIpc) is 2.36. The van der Waals surface area contributed by atoms with Crippen molar-refractivity contribution in [3.63, 3.8) is 0 Å². The highest BCUT2D eigenvalue weighted by Crippen LogP contribution is 2.08. The molecule has 5 heteroatoms. The molecule has 4 nitrogen and oxygen atoms in total. The van der Waals surface area contributed by atoms with Gasteiger partial charge in [-0.15, -0.1) is 21.5 Å². The lowest BCUT2D eigenvalue weighted by molar-refractivity contribution is -0.121. The van der Waals surface area contributed by atoms with Gasteiger partial charge in [-0.2, -0.15) is 0 Å². The summed E-state index contributed by atoms with van der Waals surface area (Å²) in [5, 5.41) is 9.28. The number of methoxy groups -OCH3 is 1. The number of Topliss-reactive ketones (excluding diaryl/α,β-unsaturated/α-hetero) is 1. The number of nitrogens with zero attached hydrogens (tertiary/aromatic N) is 2. The van der Waals surface area contributed by atoms with Crippen LogP contribution in [0.4, 0.5) is 0 Å². The Bertz CT molecular complexity index is 272. The van der Waals surface area contributed by atoms with Crippen LogP contribution >= 0.6 is 11.3 Å². The summed E-state index contributed by atoms with van der Waals surface area (Å²) in [4.78, 5) is 11.0. The van der Waals surface area contributed by atoms with E-state index < -0.39 is 0 Å². The number of hydrogen-bond donors (Lipinski definition) is 0. The predicted octanol–water partition coefficient (Wildman–Crippen LogP) is 0.605. The Morgan fingerprint density at radius 1 is 1.58 bits per heavy atom. The van der Waals surface area contributed by atoms with Crippen LogP contribution in [0, 0.1) is 6.92 Å². The fourth-order valence-corrected chi connectivity index (χ4v) is 1.53. The van der Waals surface area contributed by atoms with Crippen LogP contribution in [0.15, 0.2) is 0 Å². The van der Waals surface area contributed by atoms with Crippen LogP contribution in [-0.4, -0.2) is 29.7 Å². The molecular formula is C7H10N2O2S. The highest BCUT2D eigenvalue weighted by Gasteiger charge is 2.06. The Hall–Kier alpha value is -0.810. The van der Waals surface area contributed by atoms with Crippen molar-refractivity contribution < 1.29 is 9.53 Å². The standard InChI is InChI=1S/C7H10N2O2S/c1-5-8-9-7(12-5)3-6(10)4-11-2/h3-4H2,1-2H3. The number of rotatable bonds is 4. The van der Waals surface area contributed by atoms with Crippen molar-refractivity contribution in [3.8, 4) is 0 Å². The van der Waals surface area contributed by atoms with E-state index in [9.17, 15) is 4.79 Å². The molecule has 1 aromatic rings. The van der Waals surface area contributed by atoms with Gasteiger partial charge in [-0.05, 0) is 6.92 Å². The van der Waals surface area contributed by atoms with E-state index in [-0.39, 0.29) is 12.4 Å². The summed E-state index contributed by atoms with van der Waals surface area (Å²) in [7, 11) is 1.50. The molecule has 0 N–H and O–H groups in total. The van der Waals surface area contributed by atoms with Crippen molar-refractivity contribution in [3.05, 3.63) is 10.0 Å². The zero-order chi connectivity index (χ0) is 8.97. The van der Waals surface area contributed by atoms with Gasteiger partial charge in [0.1, 0.15) is 16.6 Å². The number of carbonyl (C=O) groups is 1. The van der Waals surface area contributed by atoms with E-state index in [0.29, 0.717) is 6.42 Å². The van der Waals surface area contributed by atoms with Gasteiger partial charge in [-0.1, -0.05) is 0 Å². The second kappa shape index (κ2) is 4.27. The molecule has 0 fully saturated rings. The van der Waals surface area contributed by atoms with Crippen LogP contribution in [0.1, 0.15) is 10.0 Å². The number of ether oxygens (including phenoxy) is 1. The first kappa shape index (κ1) is 9.28. The number of aromatic nitrogens is 2. The maximum absolute atomic E-state index is 11.0. The third kappa shape index (κ3) is 2.67. The quantitative estimate of drug-likeness (QED) is 0.691. The minimum atomic E-state index is 0.0358. The molecule has 0 spiro atoms. The Morgan fingerprint density at radius 3 is 2.83 bits per heavy atom. The molecule has 1 rings (SSSR count). The lowest BCUT2D eigenvalue weighted by atomic mass is 10.3. The van der Waals surface area contributed by atoms with Gasteiger partial charge in [-0.25, -0.2) is 0 Å². The van der Waals surface area contributed by atoms with Crippen molar-refractivity contribution >= 4 is 17.1 Å². The fraction of sp³-hybridized carbons (Fsp3) is 0.571. The first-order chi connectivity index (χ1) is 5.72. The van der Waals surface area contributed by atoms with Crippen LogP contribution in [-0.2, 0) is 16.0 Å². The zero-order valence-electron chi connectivity index (χ0n) is 7.03. The van der Waals surface area contributed by atoms with Gasteiger partial charge >= 0.3 is 0 Å². The molecule has 1 aromatic heterocycles. The van der Waals surface area contributed by atoms with Crippen molar-refractivity contribution in [2.75, 3.05) is 13.7 Å². The average molecular weight is 186 g/mol. The second-order valence-electron chi connectivity index (χ2n) is 2.36. The monoisotopic (exact) mass is 186 g/mol. The highest BCUT2D eigenvalue weighted by atomic mass is 32.1. The molecule has 0 aliphatic heterocycles. The summed E-state index contributed by atoms with van der Waals surface area (Å²) in [6, 6.07) is 0. The Balaban J connectivity index is 2.46. The number of ketones is 1. The molecule has 0 saturated heterocycles. The van der Waals surface area contributed by atoms with Crippen LogP contribution in [0.3, 0.4) is 0 Å². The molecule has 0 aliphatic carbocycles. The largest absolute Gasteiger partial charge is 0.377 e. The van der Waals surface area contributed by atoms with E-state index in [0.717, 1.165) is 10.0 Å². The van der Waals surface area contributed by atoms with Crippen molar-refractivity contribution in [1.82, 2.24) is 10.2 Å². The summed E-state index contributed by atoms with van der Waals surface area (Å²) in [6.45, 7) is 2.01. The SMILES string of the molecule is COCC(=O)Cc1nnc(C)s1. The maximum atomic E-state index is 11.0. The first-order valence-electron chi connectivity index (χ1n) is 3.52. The third-order valence-electron chi connectivity index (χ3n) is 1.22. The van der Waals surface area contributed by atoms with Crippen molar-refractivity contribution in [2.24, 2.45) is 0 Å². The van der Waals surface area contributed by atoms with E-state index >= 15 is 0 Å². The van der Waals surface area contributed by atoms with Crippen LogP contribution in [0.5, 0.6) is 0 Å². The molecule has 66 valence electrons. The van der Waals surface area contributed by atoms with E-state index in [1.165, 1.54) is 18.4 Å². The van der Waals surface area contributed by atoms with Crippen molar-refractivity contribution in [1.29, 1.82) is 0 Å². The summed E-state index contributed by atoms with van der Waals surface area (Å²) >= 11 is 1.44. The van der Waals surface area contributed by atoms with Gasteiger partial charge < -0.3 is 4.74 Å². The normalized spacial score (nSPS) is 10.2. The first-order valence-corrected chi connectivity index (χ1v) is 4.33. The van der Waals surface area contributed by atoms with Gasteiger partial charge in [0.25, 0.3) is 0 Å². The molecular weight excluding hydrogens is 176 g/mol. The molecule has 0 radical (unpaired) electrons. The van der Waals surface area contributed by atoms with Crippen LogP contribution in [0.25, 0.3) is 0 Å². The van der Waals surface area contributed by atoms with Gasteiger partial charge in [-0.3, -0.25) is 4.79 Å². The Kier molecular flexibility index (Phi) is 3.31. The van der Waals surface area contributed by atoms with Gasteiger partial charge in [0.15, 0.2) is 5.78 Å². The fourth-order valence-electron chi connectivity index (χ4n) is 0.790. The summed E-state index contributed by atoms with van der Waals surface area (Å²) < 4.78 is 4.69. The minimum absolute atomic E-state index is 0.0358. The predicted molar refractivity (Wildman–Crippen MR) is 45.2 cm³/mol. The molecule has 0 atom stereocenters. The van der Waals surface area contributed by atoms with Gasteiger partial charge in [0, 0.05) is 7.11 Å². The maximum Gasteiger partial charge on any atom is 0.165 e. The van der Waals surface area contributed by atoms with E-state index in [4.69, 9.17) is 0 Å². The number of aryl methyl sites for hydroxylation is 1. The number of carbonyl (C=O) groups excluding carboxylic acids is 1. The smallest absolute Gasteiger partial charge is 0.165 e. The van der Waals surface area contributed by atoms with Crippen molar-refractivity contribution in [2.45, 2.75) is 13.3 Å². The third-order valence-corrected chi connectivity index (χ3v) is 2.06. The van der Waals surface area contributed by atoms with E-state index in [1.54, 1.807) is 0 Å². The summed E-state index contributed by atoms with van der Waals surface area (Å²) in [5.41, 5.74) is 0. The molecule has 12 heavy (non-hydrogen) atoms. The lowest BCUT2D eigenvalue weighted by Gasteiger charge is -1.93. The molecule has 0 aromatic carbocycles. The zero-order valence-corrected chi connectivity index (χ0v) is 7.85. The summed E-state index contributed by atoms with van der Waals surface area (Å²) in [6.07, 6.45) is 0.333. The number of hydrogen-bond acceptors (Lipinski definition) is 5. The molecule has 0 saturated carbocycles. The Labute approximate surface area is 74.6 Å². The van der Waals surface area contributed by atoms with Gasteiger partial charge in [0.2, 0.25) is 0 Å². The second-order valence-corrected chi connectivity index (χ2v) is 3.63. The van der Waals surface area contributed by atoms with Gasteiger partial charge in [0.05, 0.1) is 6.42 Å². The minimum Gasteiger partial charge on any atom is -0.377 e. The Morgan fingerprint density at radius 2 is 2.33 bits per heavy atom. The molecule has 1 heterocycles.